The molecule has 14 heteroatoms. The summed E-state index contributed by atoms with van der Waals surface area (Å²) in [6.45, 7) is 3.71. The second-order valence-electron chi connectivity index (χ2n) is 11.2. The molecule has 1 unspecified atom stereocenters. The predicted octanol–water partition coefficient (Wildman–Crippen LogP) is 5.62. The number of piperazine rings is 1. The highest BCUT2D eigenvalue weighted by Crippen LogP contribution is 2.45. The van der Waals surface area contributed by atoms with Crippen LogP contribution in [0.4, 0.5) is 20.4 Å². The van der Waals surface area contributed by atoms with E-state index < -0.39 is 33.1 Å². The molecule has 0 saturated carbocycles. The lowest BCUT2D eigenvalue weighted by Crippen LogP contribution is -2.50. The van der Waals surface area contributed by atoms with Crippen molar-refractivity contribution in [3.8, 4) is 11.1 Å². The number of hydrogen-bond donors (Lipinski definition) is 0. The first-order valence-electron chi connectivity index (χ1n) is 14.0. The minimum absolute atomic E-state index is 0.0540. The van der Waals surface area contributed by atoms with Gasteiger partial charge in [0, 0.05) is 55.6 Å². The summed E-state index contributed by atoms with van der Waals surface area (Å²) < 4.78 is 58.5. The van der Waals surface area contributed by atoms with Gasteiger partial charge in [0.15, 0.2) is 5.03 Å². The maximum absolute atomic E-state index is 14.4. The summed E-state index contributed by atoms with van der Waals surface area (Å²) in [5.74, 6) is -1.93. The van der Waals surface area contributed by atoms with E-state index in [1.807, 2.05) is 0 Å². The average Bonchev–Trinajstić information content (AvgIpc) is 3.50. The van der Waals surface area contributed by atoms with Crippen molar-refractivity contribution in [2.45, 2.75) is 30.8 Å². The molecule has 1 aromatic heterocycles. The zero-order valence-corrected chi connectivity index (χ0v) is 26.5. The Morgan fingerprint density at radius 3 is 2.09 bits per heavy atom. The standard InChI is InChI=1S/C31H27Cl2F2N5O4S/c1-19(41)37-7-9-38(10-8-37)45(43,44)28-18-36-30-39(27-14-23(32)13-24(33)15-27)29(42)31(2,40(28)30)17-20-3-5-21(6-4-20)22-11-25(34)16-26(35)12-22/h3-6,11-16,18H,7-10,17H2,1-2H3. The first-order valence-corrected chi connectivity index (χ1v) is 16.2. The summed E-state index contributed by atoms with van der Waals surface area (Å²) in [6, 6.07) is 14.6. The van der Waals surface area contributed by atoms with Crippen molar-refractivity contribution in [2.75, 3.05) is 31.1 Å². The number of carbonyl (C=O) groups is 2. The number of carbonyl (C=O) groups excluding carboxylic acids is 2. The minimum Gasteiger partial charge on any atom is -0.340 e. The van der Waals surface area contributed by atoms with Gasteiger partial charge in [0.25, 0.3) is 15.9 Å². The number of imidazole rings is 1. The van der Waals surface area contributed by atoms with Crippen LogP contribution in [0.25, 0.3) is 11.1 Å². The second-order valence-corrected chi connectivity index (χ2v) is 14.0. The lowest BCUT2D eigenvalue weighted by molar-refractivity contribution is -0.130. The van der Waals surface area contributed by atoms with Crippen molar-refractivity contribution < 1.29 is 26.8 Å². The number of rotatable bonds is 6. The number of fused-ring (bicyclic) bond motifs is 1. The maximum atomic E-state index is 14.4. The van der Waals surface area contributed by atoms with E-state index in [-0.39, 0.29) is 59.5 Å². The third-order valence-corrected chi connectivity index (χ3v) is 10.5. The van der Waals surface area contributed by atoms with Crippen LogP contribution in [0.1, 0.15) is 19.4 Å². The Bertz CT molecular complexity index is 1910. The number of halogens is 4. The summed E-state index contributed by atoms with van der Waals surface area (Å²) in [7, 11) is -4.16. The molecule has 234 valence electrons. The molecule has 0 N–H and O–H groups in total. The summed E-state index contributed by atoms with van der Waals surface area (Å²) in [5.41, 5.74) is 0.412. The molecule has 3 aromatic carbocycles. The molecule has 1 atom stereocenters. The zero-order chi connectivity index (χ0) is 32.3. The minimum atomic E-state index is -4.16. The Morgan fingerprint density at radius 1 is 0.911 bits per heavy atom. The molecule has 1 saturated heterocycles. The van der Waals surface area contributed by atoms with Crippen LogP contribution in [0.2, 0.25) is 10.0 Å². The normalized spacial score (nSPS) is 18.8. The van der Waals surface area contributed by atoms with Crippen LogP contribution >= 0.6 is 23.2 Å². The van der Waals surface area contributed by atoms with E-state index in [1.165, 1.54) is 57.2 Å². The number of sulfonamides is 1. The summed E-state index contributed by atoms with van der Waals surface area (Å²) in [5, 5.41) is 0.377. The van der Waals surface area contributed by atoms with Gasteiger partial charge >= 0.3 is 0 Å². The summed E-state index contributed by atoms with van der Waals surface area (Å²) >= 11 is 12.6. The van der Waals surface area contributed by atoms with Gasteiger partial charge in [-0.3, -0.25) is 14.2 Å². The highest BCUT2D eigenvalue weighted by Gasteiger charge is 2.52. The van der Waals surface area contributed by atoms with Crippen molar-refractivity contribution >= 4 is 56.7 Å². The van der Waals surface area contributed by atoms with Crippen LogP contribution in [0.3, 0.4) is 0 Å². The zero-order valence-electron chi connectivity index (χ0n) is 24.2. The van der Waals surface area contributed by atoms with E-state index in [0.717, 1.165) is 6.07 Å². The fraction of sp³-hybridized carbons (Fsp3) is 0.258. The van der Waals surface area contributed by atoms with Crippen molar-refractivity contribution in [3.63, 3.8) is 0 Å². The molecule has 0 spiro atoms. The molecule has 0 radical (unpaired) electrons. The van der Waals surface area contributed by atoms with Crippen molar-refractivity contribution in [1.82, 2.24) is 18.8 Å². The Morgan fingerprint density at radius 2 is 1.51 bits per heavy atom. The molecule has 9 nitrogen and oxygen atoms in total. The first kappa shape index (κ1) is 31.2. The van der Waals surface area contributed by atoms with Crippen LogP contribution in [-0.2, 0) is 31.6 Å². The molecule has 45 heavy (non-hydrogen) atoms. The lowest BCUT2D eigenvalue weighted by Gasteiger charge is -2.34. The van der Waals surface area contributed by atoms with Gasteiger partial charge in [-0.15, -0.1) is 0 Å². The largest absolute Gasteiger partial charge is 0.340 e. The Hall–Kier alpha value is -3.84. The third kappa shape index (κ3) is 5.60. The number of aromatic nitrogens is 2. The molecular weight excluding hydrogens is 647 g/mol. The molecule has 2 aliphatic rings. The third-order valence-electron chi connectivity index (χ3n) is 8.16. The Labute approximate surface area is 268 Å². The molecule has 1 fully saturated rings. The number of anilines is 2. The van der Waals surface area contributed by atoms with Crippen LogP contribution in [0, 0.1) is 11.6 Å². The van der Waals surface area contributed by atoms with E-state index in [0.29, 0.717) is 22.4 Å². The van der Waals surface area contributed by atoms with Crippen LogP contribution in [-0.4, -0.2) is 65.2 Å². The van der Waals surface area contributed by atoms with E-state index in [2.05, 4.69) is 4.98 Å². The fourth-order valence-corrected chi connectivity index (χ4v) is 8.05. The Balaban J connectivity index is 1.42. The van der Waals surface area contributed by atoms with Crippen LogP contribution in [0.15, 0.2) is 71.9 Å². The van der Waals surface area contributed by atoms with Gasteiger partial charge in [0.2, 0.25) is 11.9 Å². The van der Waals surface area contributed by atoms with Gasteiger partial charge in [-0.05, 0) is 53.9 Å². The van der Waals surface area contributed by atoms with E-state index >= 15 is 0 Å². The van der Waals surface area contributed by atoms with E-state index in [1.54, 1.807) is 36.1 Å². The first-order chi connectivity index (χ1) is 21.3. The molecule has 4 aromatic rings. The van der Waals surface area contributed by atoms with E-state index in [9.17, 15) is 26.8 Å². The quantitative estimate of drug-likeness (QED) is 0.265. The van der Waals surface area contributed by atoms with Gasteiger partial charge in [-0.1, -0.05) is 47.5 Å². The second kappa shape index (κ2) is 11.5. The maximum Gasteiger partial charge on any atom is 0.260 e. The van der Waals surface area contributed by atoms with Crippen molar-refractivity contribution in [3.05, 3.63) is 94.1 Å². The number of nitrogens with zero attached hydrogens (tertiary/aromatic N) is 5. The highest BCUT2D eigenvalue weighted by atomic mass is 35.5. The molecule has 0 aliphatic carbocycles. The topological polar surface area (TPSA) is 95.8 Å². The monoisotopic (exact) mass is 673 g/mol. The average molecular weight is 675 g/mol. The van der Waals surface area contributed by atoms with Crippen LogP contribution < -0.4 is 4.90 Å². The molecule has 3 heterocycles. The fourth-order valence-electron chi connectivity index (χ4n) is 5.92. The summed E-state index contributed by atoms with van der Waals surface area (Å²) in [6.07, 6.45) is 1.28. The van der Waals surface area contributed by atoms with E-state index in [4.69, 9.17) is 23.2 Å². The lowest BCUT2D eigenvalue weighted by atomic mass is 9.91. The molecule has 2 aliphatic heterocycles. The molecule has 6 rings (SSSR count). The molecule has 0 bridgehead atoms. The summed E-state index contributed by atoms with van der Waals surface area (Å²) in [4.78, 5) is 33.5. The van der Waals surface area contributed by atoms with Gasteiger partial charge in [-0.25, -0.2) is 27.1 Å². The highest BCUT2D eigenvalue weighted by molar-refractivity contribution is 7.89. The van der Waals surface area contributed by atoms with Gasteiger partial charge in [0.1, 0.15) is 17.2 Å². The van der Waals surface area contributed by atoms with Gasteiger partial charge in [0.05, 0.1) is 11.9 Å². The number of amides is 2. The number of benzene rings is 3. The van der Waals surface area contributed by atoms with Crippen molar-refractivity contribution in [2.24, 2.45) is 0 Å². The number of hydrogen-bond acceptors (Lipinski definition) is 5. The SMILES string of the molecule is CC(=O)N1CCN(S(=O)(=O)c2cnc3n2C(C)(Cc2ccc(-c4cc(F)cc(F)c4)cc2)C(=O)N3c2cc(Cl)cc(Cl)c2)CC1. The van der Waals surface area contributed by atoms with Gasteiger partial charge in [-0.2, -0.15) is 4.31 Å². The predicted molar refractivity (Wildman–Crippen MR) is 166 cm³/mol. The van der Waals surface area contributed by atoms with Gasteiger partial charge < -0.3 is 4.90 Å². The Kier molecular flexibility index (Phi) is 7.97. The molecule has 2 amide bonds. The smallest absolute Gasteiger partial charge is 0.260 e. The van der Waals surface area contributed by atoms with Crippen molar-refractivity contribution in [1.29, 1.82) is 0 Å². The van der Waals surface area contributed by atoms with Crippen LogP contribution in [0.5, 0.6) is 0 Å². The molecular formula is C31H27Cl2F2N5O4S.